The standard InChI is InChI=1S/C23H24O6/c1-18(7-9-21(24)26-17-20-5-3-2-4-6-20)29-22(25)10-8-19-11-13-23(14-12-19)27-15-16-28-23/h2-6,8,10-11,18H,12-17H2,1H3/t18-/m0/s1. The Kier molecular flexibility index (Phi) is 7.23. The van der Waals surface area contributed by atoms with Crippen molar-refractivity contribution in [1.82, 2.24) is 0 Å². The molecule has 0 N–H and O–H groups in total. The average Bonchev–Trinajstić information content (AvgIpc) is 3.19. The predicted octanol–water partition coefficient (Wildman–Crippen LogP) is 3.07. The molecule has 0 radical (unpaired) electrons. The number of carbonyl (C=O) groups excluding carboxylic acids is 2. The minimum absolute atomic E-state index is 0.151. The molecule has 1 fully saturated rings. The molecule has 1 atom stereocenters. The van der Waals surface area contributed by atoms with Crippen LogP contribution in [0.3, 0.4) is 0 Å². The summed E-state index contributed by atoms with van der Waals surface area (Å²) >= 11 is 0. The van der Waals surface area contributed by atoms with Crippen LogP contribution in [0.25, 0.3) is 0 Å². The zero-order valence-corrected chi connectivity index (χ0v) is 16.4. The number of hydrogen-bond acceptors (Lipinski definition) is 6. The molecule has 0 aromatic heterocycles. The molecule has 3 rings (SSSR count). The molecular weight excluding hydrogens is 372 g/mol. The summed E-state index contributed by atoms with van der Waals surface area (Å²) in [7, 11) is 0. The van der Waals surface area contributed by atoms with Crippen molar-refractivity contribution < 1.29 is 28.5 Å². The van der Waals surface area contributed by atoms with Crippen molar-refractivity contribution in [3.63, 3.8) is 0 Å². The van der Waals surface area contributed by atoms with E-state index in [9.17, 15) is 9.59 Å². The molecule has 1 aromatic carbocycles. The number of benzene rings is 1. The quantitative estimate of drug-likeness (QED) is 0.330. The van der Waals surface area contributed by atoms with Gasteiger partial charge in [-0.3, -0.25) is 0 Å². The monoisotopic (exact) mass is 396 g/mol. The molecule has 1 aliphatic carbocycles. The molecule has 1 spiro atoms. The van der Waals surface area contributed by atoms with Crippen molar-refractivity contribution in [3.8, 4) is 11.8 Å². The Morgan fingerprint density at radius 2 is 2.00 bits per heavy atom. The van der Waals surface area contributed by atoms with Gasteiger partial charge in [0.25, 0.3) is 0 Å². The molecule has 0 amide bonds. The fourth-order valence-corrected chi connectivity index (χ4v) is 3.07. The van der Waals surface area contributed by atoms with Crippen LogP contribution in [-0.2, 0) is 35.1 Å². The average molecular weight is 396 g/mol. The lowest BCUT2D eigenvalue weighted by Crippen LogP contribution is -2.31. The predicted molar refractivity (Wildman–Crippen MR) is 105 cm³/mol. The van der Waals surface area contributed by atoms with E-state index >= 15 is 0 Å². The van der Waals surface area contributed by atoms with Gasteiger partial charge in [-0.1, -0.05) is 48.1 Å². The Balaban J connectivity index is 1.40. The molecular formula is C23H24O6. The number of carbonyl (C=O) groups is 2. The highest BCUT2D eigenvalue weighted by Gasteiger charge is 2.37. The van der Waals surface area contributed by atoms with Crippen LogP contribution in [0.4, 0.5) is 0 Å². The summed E-state index contributed by atoms with van der Waals surface area (Å²) in [6, 6.07) is 9.32. The number of hydrogen-bond donors (Lipinski definition) is 0. The number of esters is 2. The zero-order chi connectivity index (χ0) is 20.5. The third-order valence-corrected chi connectivity index (χ3v) is 4.60. The van der Waals surface area contributed by atoms with E-state index in [0.29, 0.717) is 19.6 Å². The van der Waals surface area contributed by atoms with Gasteiger partial charge in [0.05, 0.1) is 13.2 Å². The highest BCUT2D eigenvalue weighted by atomic mass is 16.7. The zero-order valence-electron chi connectivity index (χ0n) is 16.4. The fraction of sp³-hybridized carbons (Fsp3) is 0.391. The molecule has 152 valence electrons. The molecule has 1 heterocycles. The first-order valence-corrected chi connectivity index (χ1v) is 9.63. The summed E-state index contributed by atoms with van der Waals surface area (Å²) in [5.74, 6) is 3.26. The van der Waals surface area contributed by atoms with Crippen molar-refractivity contribution in [2.75, 3.05) is 13.2 Å². The SMILES string of the molecule is C[C@@H](C#CC(=O)OCc1ccccc1)OC(=O)C=CC1=CCC2(CC1)OCCO2. The third kappa shape index (κ3) is 6.60. The highest BCUT2D eigenvalue weighted by Crippen LogP contribution is 2.35. The fourth-order valence-electron chi connectivity index (χ4n) is 3.07. The Bertz CT molecular complexity index is 837. The summed E-state index contributed by atoms with van der Waals surface area (Å²) in [5, 5.41) is 0. The van der Waals surface area contributed by atoms with Crippen molar-refractivity contribution in [1.29, 1.82) is 0 Å². The highest BCUT2D eigenvalue weighted by molar-refractivity contribution is 5.88. The van der Waals surface area contributed by atoms with Crippen LogP contribution in [0.5, 0.6) is 0 Å². The molecule has 1 aliphatic heterocycles. The molecule has 6 heteroatoms. The van der Waals surface area contributed by atoms with Gasteiger partial charge in [-0.25, -0.2) is 9.59 Å². The molecule has 0 bridgehead atoms. The van der Waals surface area contributed by atoms with Crippen molar-refractivity contribution in [2.24, 2.45) is 0 Å². The molecule has 0 unspecified atom stereocenters. The lowest BCUT2D eigenvalue weighted by molar-refractivity contribution is -0.161. The first kappa shape index (κ1) is 20.8. The van der Waals surface area contributed by atoms with Crippen LogP contribution in [0.2, 0.25) is 0 Å². The van der Waals surface area contributed by atoms with Crippen LogP contribution in [-0.4, -0.2) is 37.0 Å². The molecule has 6 nitrogen and oxygen atoms in total. The van der Waals surface area contributed by atoms with Crippen LogP contribution in [0, 0.1) is 11.8 Å². The summed E-state index contributed by atoms with van der Waals surface area (Å²) in [6.45, 7) is 3.01. The maximum absolute atomic E-state index is 11.9. The second-order valence-electron chi connectivity index (χ2n) is 6.83. The van der Waals surface area contributed by atoms with Gasteiger partial charge in [-0.15, -0.1) is 0 Å². The van der Waals surface area contributed by atoms with Gasteiger partial charge in [0.15, 0.2) is 11.9 Å². The van der Waals surface area contributed by atoms with E-state index in [4.69, 9.17) is 18.9 Å². The third-order valence-electron chi connectivity index (χ3n) is 4.60. The molecule has 2 aliphatic rings. The van der Waals surface area contributed by atoms with Gasteiger partial charge in [0.2, 0.25) is 0 Å². The van der Waals surface area contributed by atoms with Gasteiger partial charge >= 0.3 is 11.9 Å². The van der Waals surface area contributed by atoms with E-state index < -0.39 is 23.8 Å². The molecule has 1 aromatic rings. The van der Waals surface area contributed by atoms with E-state index in [-0.39, 0.29) is 6.61 Å². The molecule has 29 heavy (non-hydrogen) atoms. The molecule has 0 saturated carbocycles. The summed E-state index contributed by atoms with van der Waals surface area (Å²) in [6.07, 6.45) is 6.61. The van der Waals surface area contributed by atoms with Crippen molar-refractivity contribution >= 4 is 11.9 Å². The van der Waals surface area contributed by atoms with Gasteiger partial charge in [-0.2, -0.15) is 0 Å². The van der Waals surface area contributed by atoms with Crippen molar-refractivity contribution in [3.05, 3.63) is 59.7 Å². The lowest BCUT2D eigenvalue weighted by atomic mass is 9.94. The first-order chi connectivity index (χ1) is 14.0. The largest absolute Gasteiger partial charge is 0.451 e. The topological polar surface area (TPSA) is 71.1 Å². The maximum atomic E-state index is 11.9. The van der Waals surface area contributed by atoms with E-state index in [1.165, 1.54) is 6.08 Å². The second-order valence-corrected chi connectivity index (χ2v) is 6.83. The van der Waals surface area contributed by atoms with Crippen LogP contribution in [0.1, 0.15) is 31.7 Å². The number of allylic oxidation sites excluding steroid dienone is 2. The van der Waals surface area contributed by atoms with Gasteiger partial charge < -0.3 is 18.9 Å². The lowest BCUT2D eigenvalue weighted by Gasteiger charge is -2.29. The smallest absolute Gasteiger partial charge is 0.384 e. The summed E-state index contributed by atoms with van der Waals surface area (Å²) in [4.78, 5) is 23.6. The maximum Gasteiger partial charge on any atom is 0.384 e. The molecule has 1 saturated heterocycles. The Morgan fingerprint density at radius 1 is 1.24 bits per heavy atom. The first-order valence-electron chi connectivity index (χ1n) is 9.63. The van der Waals surface area contributed by atoms with E-state index in [2.05, 4.69) is 11.8 Å². The Morgan fingerprint density at radius 3 is 2.69 bits per heavy atom. The van der Waals surface area contributed by atoms with Crippen LogP contribution >= 0.6 is 0 Å². The minimum atomic E-state index is -0.722. The van der Waals surface area contributed by atoms with E-state index in [0.717, 1.165) is 24.0 Å². The normalized spacial score (nSPS) is 18.6. The van der Waals surface area contributed by atoms with Gasteiger partial charge in [0, 0.05) is 24.8 Å². The summed E-state index contributed by atoms with van der Waals surface area (Å²) < 4.78 is 21.5. The van der Waals surface area contributed by atoms with Crippen molar-refractivity contribution in [2.45, 2.75) is 44.7 Å². The number of rotatable bonds is 5. The summed E-state index contributed by atoms with van der Waals surface area (Å²) in [5.41, 5.74) is 1.91. The Hall–Kier alpha value is -2.88. The van der Waals surface area contributed by atoms with Crippen LogP contribution < -0.4 is 0 Å². The second kappa shape index (κ2) is 10.1. The number of ether oxygens (including phenoxy) is 4. The van der Waals surface area contributed by atoms with Crippen LogP contribution in [0.15, 0.2) is 54.1 Å². The Labute approximate surface area is 170 Å². The van der Waals surface area contributed by atoms with Gasteiger partial charge in [0.1, 0.15) is 6.61 Å². The van der Waals surface area contributed by atoms with E-state index in [1.807, 2.05) is 36.4 Å². The van der Waals surface area contributed by atoms with Gasteiger partial charge in [-0.05, 0) is 24.8 Å². The van der Waals surface area contributed by atoms with E-state index in [1.54, 1.807) is 13.0 Å². The minimum Gasteiger partial charge on any atom is -0.451 e.